The van der Waals surface area contributed by atoms with Crippen molar-refractivity contribution in [3.05, 3.63) is 52.8 Å². The van der Waals surface area contributed by atoms with Gasteiger partial charge in [0.25, 0.3) is 0 Å². The molecule has 4 nitrogen and oxygen atoms in total. The Bertz CT molecular complexity index is 789. The first-order valence-corrected chi connectivity index (χ1v) is 8.39. The van der Waals surface area contributed by atoms with Gasteiger partial charge in [-0.25, -0.2) is 0 Å². The molecule has 0 saturated carbocycles. The van der Waals surface area contributed by atoms with E-state index in [0.717, 1.165) is 28.0 Å². The summed E-state index contributed by atoms with van der Waals surface area (Å²) in [7, 11) is 0. The number of hydrogen-bond donors (Lipinski definition) is 0. The van der Waals surface area contributed by atoms with Gasteiger partial charge in [-0.2, -0.15) is 0 Å². The van der Waals surface area contributed by atoms with E-state index in [0.29, 0.717) is 10.0 Å². The van der Waals surface area contributed by atoms with Crippen LogP contribution < -0.4 is 0 Å². The van der Waals surface area contributed by atoms with Crippen molar-refractivity contribution in [2.75, 3.05) is 5.75 Å². The smallest absolute Gasteiger partial charge is 0.196 e. The molecule has 0 radical (unpaired) electrons. The van der Waals surface area contributed by atoms with E-state index in [1.165, 1.54) is 0 Å². The summed E-state index contributed by atoms with van der Waals surface area (Å²) < 4.78 is 1.97. The zero-order chi connectivity index (χ0) is 15.5. The number of nitrogens with zero attached hydrogens (tertiary/aromatic N) is 4. The second-order valence-corrected chi connectivity index (χ2v) is 6.46. The Morgan fingerprint density at radius 2 is 2.00 bits per heavy atom. The van der Waals surface area contributed by atoms with Gasteiger partial charge in [0.15, 0.2) is 11.0 Å². The molecule has 0 bridgehead atoms. The summed E-state index contributed by atoms with van der Waals surface area (Å²) in [4.78, 5) is 4.15. The zero-order valence-corrected chi connectivity index (χ0v) is 14.0. The van der Waals surface area contributed by atoms with Crippen LogP contribution in [0.15, 0.2) is 47.9 Å². The van der Waals surface area contributed by atoms with E-state index in [1.807, 2.05) is 28.8 Å². The van der Waals surface area contributed by atoms with Crippen LogP contribution >= 0.6 is 35.0 Å². The standard InChI is InChI=1S/C15H12Cl2N4S/c1-2-22-15-20-19-14(10-4-3-7-18-9-10)21(15)11-5-6-12(16)13(17)8-11/h3-9H,2H2,1H3. The first-order chi connectivity index (χ1) is 10.7. The highest BCUT2D eigenvalue weighted by atomic mass is 35.5. The Balaban J connectivity index is 2.19. The third kappa shape index (κ3) is 2.97. The van der Waals surface area contributed by atoms with E-state index >= 15 is 0 Å². The molecule has 22 heavy (non-hydrogen) atoms. The Morgan fingerprint density at radius 1 is 1.14 bits per heavy atom. The molecule has 7 heteroatoms. The summed E-state index contributed by atoms with van der Waals surface area (Å²) in [6.45, 7) is 2.07. The molecule has 2 aromatic heterocycles. The fourth-order valence-electron chi connectivity index (χ4n) is 2.03. The number of benzene rings is 1. The number of thioether (sulfide) groups is 1. The average Bonchev–Trinajstić information content (AvgIpc) is 2.95. The van der Waals surface area contributed by atoms with Gasteiger partial charge in [0.1, 0.15) is 0 Å². The molecule has 0 fully saturated rings. The highest BCUT2D eigenvalue weighted by molar-refractivity contribution is 7.99. The van der Waals surface area contributed by atoms with Gasteiger partial charge >= 0.3 is 0 Å². The maximum absolute atomic E-state index is 6.15. The van der Waals surface area contributed by atoms with Crippen molar-refractivity contribution in [3.8, 4) is 17.1 Å². The highest BCUT2D eigenvalue weighted by Gasteiger charge is 2.16. The fourth-order valence-corrected chi connectivity index (χ4v) is 3.00. The van der Waals surface area contributed by atoms with Gasteiger partial charge in [0.05, 0.1) is 15.7 Å². The molecular formula is C15H12Cl2N4S. The van der Waals surface area contributed by atoms with E-state index in [1.54, 1.807) is 30.2 Å². The van der Waals surface area contributed by atoms with E-state index < -0.39 is 0 Å². The fraction of sp³-hybridized carbons (Fsp3) is 0.133. The molecular weight excluding hydrogens is 339 g/mol. The third-order valence-electron chi connectivity index (χ3n) is 2.99. The Morgan fingerprint density at radius 3 is 2.68 bits per heavy atom. The maximum atomic E-state index is 6.15. The van der Waals surface area contributed by atoms with Gasteiger partial charge in [0, 0.05) is 18.0 Å². The Kier molecular flexibility index (Phi) is 4.66. The molecule has 0 atom stereocenters. The number of aromatic nitrogens is 4. The lowest BCUT2D eigenvalue weighted by molar-refractivity contribution is 0.886. The van der Waals surface area contributed by atoms with Crippen molar-refractivity contribution in [3.63, 3.8) is 0 Å². The third-order valence-corrected chi connectivity index (χ3v) is 4.54. The predicted octanol–water partition coefficient (Wildman–Crippen LogP) is 4.75. The van der Waals surface area contributed by atoms with Gasteiger partial charge in [-0.3, -0.25) is 9.55 Å². The number of pyridine rings is 1. The van der Waals surface area contributed by atoms with Crippen LogP contribution in [0.5, 0.6) is 0 Å². The molecule has 0 aliphatic carbocycles. The van der Waals surface area contributed by atoms with Crippen molar-refractivity contribution in [1.82, 2.24) is 19.7 Å². The topological polar surface area (TPSA) is 43.6 Å². The molecule has 0 amide bonds. The van der Waals surface area contributed by atoms with Crippen molar-refractivity contribution < 1.29 is 0 Å². The van der Waals surface area contributed by atoms with Gasteiger partial charge in [-0.1, -0.05) is 41.9 Å². The van der Waals surface area contributed by atoms with Crippen LogP contribution in [0.2, 0.25) is 10.0 Å². The Hall–Kier alpha value is -1.56. The normalized spacial score (nSPS) is 10.9. The van der Waals surface area contributed by atoms with Crippen molar-refractivity contribution >= 4 is 35.0 Å². The van der Waals surface area contributed by atoms with Gasteiger partial charge in [0.2, 0.25) is 0 Å². The van der Waals surface area contributed by atoms with Crippen LogP contribution in [-0.2, 0) is 0 Å². The van der Waals surface area contributed by atoms with Crippen LogP contribution in [0, 0.1) is 0 Å². The molecule has 0 spiro atoms. The second kappa shape index (κ2) is 6.69. The molecule has 1 aromatic carbocycles. The molecule has 2 heterocycles. The summed E-state index contributed by atoms with van der Waals surface area (Å²) in [5.41, 5.74) is 1.76. The van der Waals surface area contributed by atoms with Crippen molar-refractivity contribution in [2.24, 2.45) is 0 Å². The summed E-state index contributed by atoms with van der Waals surface area (Å²) >= 11 is 13.8. The summed E-state index contributed by atoms with van der Waals surface area (Å²) in [5, 5.41) is 10.4. The van der Waals surface area contributed by atoms with Crippen LogP contribution in [0.25, 0.3) is 17.1 Å². The highest BCUT2D eigenvalue weighted by Crippen LogP contribution is 2.30. The number of halogens is 2. The average molecular weight is 351 g/mol. The number of hydrogen-bond acceptors (Lipinski definition) is 4. The SMILES string of the molecule is CCSc1nnc(-c2cccnc2)n1-c1ccc(Cl)c(Cl)c1. The quantitative estimate of drug-likeness (QED) is 0.637. The monoisotopic (exact) mass is 350 g/mol. The van der Waals surface area contributed by atoms with E-state index in [4.69, 9.17) is 23.2 Å². The van der Waals surface area contributed by atoms with Crippen LogP contribution in [-0.4, -0.2) is 25.5 Å². The van der Waals surface area contributed by atoms with Crippen molar-refractivity contribution in [1.29, 1.82) is 0 Å². The molecule has 0 unspecified atom stereocenters. The summed E-state index contributed by atoms with van der Waals surface area (Å²) in [6, 6.07) is 9.30. The maximum Gasteiger partial charge on any atom is 0.196 e. The number of rotatable bonds is 4. The minimum absolute atomic E-state index is 0.498. The summed E-state index contributed by atoms with van der Waals surface area (Å²) in [5.74, 6) is 1.62. The Labute approximate surface area is 142 Å². The molecule has 0 aliphatic heterocycles. The first-order valence-electron chi connectivity index (χ1n) is 6.64. The van der Waals surface area contributed by atoms with E-state index in [2.05, 4.69) is 22.1 Å². The molecule has 0 aliphatic rings. The molecule has 0 N–H and O–H groups in total. The first kappa shape index (κ1) is 15.3. The van der Waals surface area contributed by atoms with Crippen LogP contribution in [0.3, 0.4) is 0 Å². The zero-order valence-electron chi connectivity index (χ0n) is 11.7. The molecule has 3 rings (SSSR count). The lowest BCUT2D eigenvalue weighted by Crippen LogP contribution is -2.00. The van der Waals surface area contributed by atoms with Crippen LogP contribution in [0.4, 0.5) is 0 Å². The minimum Gasteiger partial charge on any atom is -0.270 e. The second-order valence-electron chi connectivity index (χ2n) is 4.41. The molecule has 3 aromatic rings. The molecule has 0 saturated heterocycles. The van der Waals surface area contributed by atoms with Gasteiger partial charge in [-0.15, -0.1) is 10.2 Å². The molecule has 112 valence electrons. The van der Waals surface area contributed by atoms with E-state index in [-0.39, 0.29) is 0 Å². The summed E-state index contributed by atoms with van der Waals surface area (Å²) in [6.07, 6.45) is 3.49. The lowest BCUT2D eigenvalue weighted by Gasteiger charge is -2.10. The predicted molar refractivity (Wildman–Crippen MR) is 91.0 cm³/mol. The minimum atomic E-state index is 0.498. The largest absolute Gasteiger partial charge is 0.270 e. The van der Waals surface area contributed by atoms with E-state index in [9.17, 15) is 0 Å². The van der Waals surface area contributed by atoms with Crippen molar-refractivity contribution in [2.45, 2.75) is 12.1 Å². The lowest BCUT2D eigenvalue weighted by atomic mass is 10.2. The van der Waals surface area contributed by atoms with Gasteiger partial charge < -0.3 is 0 Å². The van der Waals surface area contributed by atoms with Crippen LogP contribution in [0.1, 0.15) is 6.92 Å². The van der Waals surface area contributed by atoms with Gasteiger partial charge in [-0.05, 0) is 36.1 Å².